The van der Waals surface area contributed by atoms with Crippen LogP contribution >= 0.6 is 0 Å². The fourth-order valence-electron chi connectivity index (χ4n) is 3.89. The quantitative estimate of drug-likeness (QED) is 0.268. The summed E-state index contributed by atoms with van der Waals surface area (Å²) in [5.41, 5.74) is 8.49. The first kappa shape index (κ1) is 23.7. The fraction of sp³-hybridized carbons (Fsp3) is 0.148. The second-order valence-electron chi connectivity index (χ2n) is 8.25. The molecule has 0 aliphatic heterocycles. The molecule has 3 N–H and O–H groups in total. The summed E-state index contributed by atoms with van der Waals surface area (Å²) in [6, 6.07) is 24.6. The molecule has 0 aliphatic carbocycles. The summed E-state index contributed by atoms with van der Waals surface area (Å²) in [5, 5.41) is 8.25. The van der Waals surface area contributed by atoms with Crippen molar-refractivity contribution in [2.45, 2.75) is 19.4 Å². The van der Waals surface area contributed by atoms with Crippen LogP contribution in [0.4, 0.5) is 5.95 Å². The summed E-state index contributed by atoms with van der Waals surface area (Å²) >= 11 is 0. The first-order chi connectivity index (χ1) is 18.1. The topological polar surface area (TPSA) is 123 Å². The first-order valence-corrected chi connectivity index (χ1v) is 11.8. The molecule has 2 amide bonds. The van der Waals surface area contributed by atoms with Crippen molar-refractivity contribution in [3.8, 4) is 17.1 Å². The molecule has 3 aromatic carbocycles. The van der Waals surface area contributed by atoms with Gasteiger partial charge in [-0.2, -0.15) is 4.52 Å². The maximum absolute atomic E-state index is 12.5. The Morgan fingerprint density at radius 1 is 0.865 bits per heavy atom. The van der Waals surface area contributed by atoms with E-state index in [2.05, 4.69) is 26.3 Å². The van der Waals surface area contributed by atoms with Crippen LogP contribution in [0.3, 0.4) is 0 Å². The summed E-state index contributed by atoms with van der Waals surface area (Å²) in [4.78, 5) is 34.1. The number of carbonyl (C=O) groups is 2. The van der Waals surface area contributed by atoms with E-state index in [-0.39, 0.29) is 24.7 Å². The number of carbonyl (C=O) groups excluding carboxylic acids is 2. The average molecular weight is 496 g/mol. The highest BCUT2D eigenvalue weighted by atomic mass is 16.5. The van der Waals surface area contributed by atoms with E-state index in [9.17, 15) is 9.59 Å². The average Bonchev–Trinajstić information content (AvgIpc) is 3.40. The molecular formula is C27H25N7O3. The second-order valence-corrected chi connectivity index (χ2v) is 8.25. The third-order valence-electron chi connectivity index (χ3n) is 5.77. The van der Waals surface area contributed by atoms with Crippen LogP contribution in [0, 0.1) is 0 Å². The van der Waals surface area contributed by atoms with Gasteiger partial charge in [0.2, 0.25) is 17.8 Å². The number of ether oxygens (including phenoxy) is 1. The van der Waals surface area contributed by atoms with E-state index in [0.29, 0.717) is 35.2 Å². The van der Waals surface area contributed by atoms with Crippen LogP contribution in [0.5, 0.6) is 5.75 Å². The minimum absolute atomic E-state index is 0.00585. The molecule has 0 saturated heterocycles. The van der Waals surface area contributed by atoms with Crippen molar-refractivity contribution < 1.29 is 14.3 Å². The Bertz CT molecular complexity index is 1570. The Kier molecular flexibility index (Phi) is 6.89. The number of rotatable bonds is 9. The van der Waals surface area contributed by atoms with Crippen molar-refractivity contribution in [2.75, 3.05) is 12.5 Å². The SMILES string of the molecule is COc1ccccc1CNC(=O)CCC(=O)NNc1nc2ccccc2c2nc(-c3ccccc3)nn12. The Morgan fingerprint density at radius 3 is 2.43 bits per heavy atom. The predicted molar refractivity (Wildman–Crippen MR) is 140 cm³/mol. The third kappa shape index (κ3) is 5.32. The van der Waals surface area contributed by atoms with Gasteiger partial charge in [-0.05, 0) is 18.2 Å². The smallest absolute Gasteiger partial charge is 0.245 e. The molecule has 0 aliphatic rings. The maximum atomic E-state index is 12.5. The monoisotopic (exact) mass is 495 g/mol. The molecule has 37 heavy (non-hydrogen) atoms. The van der Waals surface area contributed by atoms with Crippen molar-refractivity contribution >= 4 is 34.3 Å². The number of benzene rings is 3. The molecule has 0 spiro atoms. The fourth-order valence-corrected chi connectivity index (χ4v) is 3.89. The number of hydrogen-bond acceptors (Lipinski definition) is 7. The van der Waals surface area contributed by atoms with Crippen molar-refractivity contribution in [2.24, 2.45) is 0 Å². The molecule has 2 heterocycles. The number of anilines is 1. The lowest BCUT2D eigenvalue weighted by atomic mass is 10.2. The van der Waals surface area contributed by atoms with E-state index in [1.165, 1.54) is 0 Å². The number of fused-ring (bicyclic) bond motifs is 3. The van der Waals surface area contributed by atoms with Crippen LogP contribution in [0.2, 0.25) is 0 Å². The van der Waals surface area contributed by atoms with Gasteiger partial charge in [-0.15, -0.1) is 5.10 Å². The third-order valence-corrected chi connectivity index (χ3v) is 5.77. The molecule has 0 radical (unpaired) electrons. The highest BCUT2D eigenvalue weighted by Gasteiger charge is 2.15. The van der Waals surface area contributed by atoms with Gasteiger partial charge < -0.3 is 10.1 Å². The van der Waals surface area contributed by atoms with E-state index < -0.39 is 0 Å². The van der Waals surface area contributed by atoms with Gasteiger partial charge in [-0.3, -0.25) is 20.4 Å². The number of nitrogens with one attached hydrogen (secondary N) is 3. The predicted octanol–water partition coefficient (Wildman–Crippen LogP) is 3.49. The number of hydrazine groups is 1. The Labute approximate surface area is 212 Å². The Hall–Kier alpha value is -4.99. The van der Waals surface area contributed by atoms with Gasteiger partial charge in [0, 0.05) is 35.9 Å². The van der Waals surface area contributed by atoms with E-state index in [1.54, 1.807) is 11.6 Å². The molecule has 5 rings (SSSR count). The molecule has 5 aromatic rings. The van der Waals surface area contributed by atoms with Gasteiger partial charge in [0.25, 0.3) is 0 Å². The van der Waals surface area contributed by atoms with Crippen molar-refractivity contribution in [3.05, 3.63) is 84.4 Å². The highest BCUT2D eigenvalue weighted by Crippen LogP contribution is 2.24. The van der Waals surface area contributed by atoms with Crippen LogP contribution in [-0.2, 0) is 16.1 Å². The largest absolute Gasteiger partial charge is 0.496 e. The van der Waals surface area contributed by atoms with Gasteiger partial charge in [-0.25, -0.2) is 9.97 Å². The van der Waals surface area contributed by atoms with Gasteiger partial charge in [-0.1, -0.05) is 60.7 Å². The number of hydrogen-bond donors (Lipinski definition) is 3. The summed E-state index contributed by atoms with van der Waals surface area (Å²) in [6.07, 6.45) is 0.0266. The molecule has 10 heteroatoms. The first-order valence-electron chi connectivity index (χ1n) is 11.8. The standard InChI is InChI=1S/C27H25N7O3/c1-37-22-14-8-5-11-19(22)17-28-23(35)15-16-24(36)31-32-27-29-21-13-7-6-12-20(21)26-30-25(33-34(26)27)18-9-3-2-4-10-18/h2-14H,15-17H2,1H3,(H,28,35)(H,29,32)(H,31,36). The molecule has 0 bridgehead atoms. The molecule has 0 saturated carbocycles. The molecule has 0 atom stereocenters. The Morgan fingerprint density at radius 2 is 1.59 bits per heavy atom. The molecular weight excluding hydrogens is 470 g/mol. The lowest BCUT2D eigenvalue weighted by Gasteiger charge is -2.11. The number of para-hydroxylation sites is 2. The zero-order chi connectivity index (χ0) is 25.6. The molecule has 10 nitrogen and oxygen atoms in total. The number of nitrogens with zero attached hydrogens (tertiary/aromatic N) is 4. The molecule has 0 unspecified atom stereocenters. The van der Waals surface area contributed by atoms with E-state index in [4.69, 9.17) is 9.72 Å². The molecule has 2 aromatic heterocycles. The Balaban J connectivity index is 1.25. The molecule has 186 valence electrons. The summed E-state index contributed by atoms with van der Waals surface area (Å²) < 4.78 is 6.85. The van der Waals surface area contributed by atoms with E-state index in [0.717, 1.165) is 16.5 Å². The van der Waals surface area contributed by atoms with Crippen molar-refractivity contribution in [3.63, 3.8) is 0 Å². The van der Waals surface area contributed by atoms with Crippen LogP contribution in [0.1, 0.15) is 18.4 Å². The van der Waals surface area contributed by atoms with Crippen LogP contribution in [0.15, 0.2) is 78.9 Å². The van der Waals surface area contributed by atoms with Crippen LogP contribution < -0.4 is 20.9 Å². The van der Waals surface area contributed by atoms with Crippen molar-refractivity contribution in [1.29, 1.82) is 0 Å². The van der Waals surface area contributed by atoms with Gasteiger partial charge in [0.15, 0.2) is 11.5 Å². The zero-order valence-corrected chi connectivity index (χ0v) is 20.1. The zero-order valence-electron chi connectivity index (χ0n) is 20.1. The van der Waals surface area contributed by atoms with Crippen LogP contribution in [0.25, 0.3) is 27.9 Å². The maximum Gasteiger partial charge on any atom is 0.245 e. The lowest BCUT2D eigenvalue weighted by molar-refractivity contribution is -0.126. The number of methoxy groups -OCH3 is 1. The van der Waals surface area contributed by atoms with Gasteiger partial charge in [0.05, 0.1) is 12.6 Å². The van der Waals surface area contributed by atoms with Crippen molar-refractivity contribution in [1.82, 2.24) is 30.3 Å². The van der Waals surface area contributed by atoms with E-state index >= 15 is 0 Å². The summed E-state index contributed by atoms with van der Waals surface area (Å²) in [6.45, 7) is 0.317. The second kappa shape index (κ2) is 10.7. The minimum Gasteiger partial charge on any atom is -0.496 e. The normalized spacial score (nSPS) is 10.8. The van der Waals surface area contributed by atoms with Gasteiger partial charge >= 0.3 is 0 Å². The van der Waals surface area contributed by atoms with Crippen LogP contribution in [-0.4, -0.2) is 38.5 Å². The summed E-state index contributed by atoms with van der Waals surface area (Å²) in [5.74, 6) is 0.940. The van der Waals surface area contributed by atoms with Gasteiger partial charge in [0.1, 0.15) is 5.75 Å². The molecule has 0 fully saturated rings. The minimum atomic E-state index is -0.362. The van der Waals surface area contributed by atoms with E-state index in [1.807, 2.05) is 78.9 Å². The lowest BCUT2D eigenvalue weighted by Crippen LogP contribution is -2.32. The number of aromatic nitrogens is 4. The summed E-state index contributed by atoms with van der Waals surface area (Å²) in [7, 11) is 1.58. The highest BCUT2D eigenvalue weighted by molar-refractivity contribution is 5.93. The number of amides is 2.